The Morgan fingerprint density at radius 3 is 2.53 bits per heavy atom. The Hall–Kier alpha value is -3.41. The number of pyridine rings is 1. The van der Waals surface area contributed by atoms with Crippen molar-refractivity contribution in [3.8, 4) is 0 Å². The van der Waals surface area contributed by atoms with E-state index in [2.05, 4.69) is 15.6 Å². The van der Waals surface area contributed by atoms with Gasteiger partial charge in [-0.3, -0.25) is 14.6 Å². The van der Waals surface area contributed by atoms with E-state index in [0.717, 1.165) is 16.9 Å². The number of carbonyl (C=O) groups excluding carboxylic acids is 2. The molecule has 3 heterocycles. The number of amides is 2. The smallest absolute Gasteiger partial charge is 0.220 e. The van der Waals surface area contributed by atoms with E-state index >= 15 is 0 Å². The third kappa shape index (κ3) is 4.76. The zero-order valence-corrected chi connectivity index (χ0v) is 16.7. The van der Waals surface area contributed by atoms with Crippen LogP contribution in [0.5, 0.6) is 0 Å². The number of carbonyl (C=O) groups is 2. The van der Waals surface area contributed by atoms with Crippen LogP contribution < -0.4 is 10.6 Å². The van der Waals surface area contributed by atoms with Crippen molar-refractivity contribution in [2.75, 3.05) is 0 Å². The third-order valence-corrected chi connectivity index (χ3v) is 5.64. The van der Waals surface area contributed by atoms with E-state index < -0.39 is 5.54 Å². The highest BCUT2D eigenvalue weighted by Crippen LogP contribution is 2.30. The van der Waals surface area contributed by atoms with Gasteiger partial charge in [0.25, 0.3) is 0 Å². The van der Waals surface area contributed by atoms with Gasteiger partial charge in [0.05, 0.1) is 12.3 Å². The molecule has 30 heavy (non-hydrogen) atoms. The highest BCUT2D eigenvalue weighted by atomic mass is 16.3. The fourth-order valence-electron chi connectivity index (χ4n) is 4.08. The highest BCUT2D eigenvalue weighted by molar-refractivity contribution is 5.80. The van der Waals surface area contributed by atoms with Crippen LogP contribution in [0.15, 0.2) is 77.7 Å². The molecule has 0 bridgehead atoms. The molecule has 1 aliphatic heterocycles. The molecule has 154 valence electrons. The van der Waals surface area contributed by atoms with E-state index in [1.807, 2.05) is 54.6 Å². The van der Waals surface area contributed by atoms with Crippen LogP contribution in [-0.4, -0.2) is 22.3 Å². The molecule has 0 aliphatic carbocycles. The summed E-state index contributed by atoms with van der Waals surface area (Å²) >= 11 is 0. The van der Waals surface area contributed by atoms with Gasteiger partial charge in [0.2, 0.25) is 11.8 Å². The van der Waals surface area contributed by atoms with Crippen molar-refractivity contribution < 1.29 is 14.0 Å². The standard InChI is InChI=1S/C24H25N3O3/c28-21(8-12-24(13-9-22(29)27-24)17-20-7-4-16-30-20)26-23(18-5-2-1-3-6-18)19-10-14-25-15-11-19/h1-7,10-11,14-16,23H,8-9,12-13,17H2,(H,26,28)(H,27,29). The maximum absolute atomic E-state index is 12.9. The number of benzene rings is 1. The summed E-state index contributed by atoms with van der Waals surface area (Å²) in [6, 6.07) is 17.2. The Bertz CT molecular complexity index is 934. The summed E-state index contributed by atoms with van der Waals surface area (Å²) in [6.07, 6.45) is 7.72. The lowest BCUT2D eigenvalue weighted by atomic mass is 9.87. The molecule has 0 saturated carbocycles. The molecule has 2 N–H and O–H groups in total. The van der Waals surface area contributed by atoms with Gasteiger partial charge in [0, 0.05) is 37.2 Å². The summed E-state index contributed by atoms with van der Waals surface area (Å²) in [4.78, 5) is 28.9. The average molecular weight is 403 g/mol. The van der Waals surface area contributed by atoms with Gasteiger partial charge in [-0.25, -0.2) is 0 Å². The number of hydrogen-bond donors (Lipinski definition) is 2. The lowest BCUT2D eigenvalue weighted by molar-refractivity contribution is -0.123. The van der Waals surface area contributed by atoms with Crippen LogP contribution in [0.3, 0.4) is 0 Å². The molecule has 4 rings (SSSR count). The molecule has 6 heteroatoms. The zero-order chi connectivity index (χ0) is 20.8. The molecule has 0 spiro atoms. The number of nitrogens with zero attached hydrogens (tertiary/aromatic N) is 1. The van der Waals surface area contributed by atoms with E-state index in [-0.39, 0.29) is 17.9 Å². The summed E-state index contributed by atoms with van der Waals surface area (Å²) in [5.74, 6) is 0.790. The van der Waals surface area contributed by atoms with Crippen molar-refractivity contribution >= 4 is 11.8 Å². The lowest BCUT2D eigenvalue weighted by Gasteiger charge is -2.28. The SMILES string of the molecule is O=C(CCC1(Cc2ccco2)CCC(=O)N1)NC(c1ccccc1)c1ccncc1. The lowest BCUT2D eigenvalue weighted by Crippen LogP contribution is -2.44. The van der Waals surface area contributed by atoms with E-state index in [1.54, 1.807) is 18.7 Å². The monoisotopic (exact) mass is 403 g/mol. The minimum atomic E-state index is -0.439. The molecular weight excluding hydrogens is 378 g/mol. The summed E-state index contributed by atoms with van der Waals surface area (Å²) < 4.78 is 5.48. The average Bonchev–Trinajstić information content (AvgIpc) is 3.42. The molecule has 2 unspecified atom stereocenters. The Morgan fingerprint density at radius 2 is 1.87 bits per heavy atom. The fourth-order valence-corrected chi connectivity index (χ4v) is 4.08. The third-order valence-electron chi connectivity index (χ3n) is 5.64. The maximum atomic E-state index is 12.9. The maximum Gasteiger partial charge on any atom is 0.220 e. The molecule has 0 radical (unpaired) electrons. The van der Waals surface area contributed by atoms with Crippen LogP contribution in [0, 0.1) is 0 Å². The molecule has 2 amide bonds. The van der Waals surface area contributed by atoms with Gasteiger partial charge < -0.3 is 15.1 Å². The van der Waals surface area contributed by atoms with E-state index in [9.17, 15) is 9.59 Å². The number of aromatic nitrogens is 1. The number of nitrogens with one attached hydrogen (secondary N) is 2. The second-order valence-electron chi connectivity index (χ2n) is 7.78. The Kier molecular flexibility index (Phi) is 5.93. The van der Waals surface area contributed by atoms with Gasteiger partial charge in [-0.05, 0) is 48.2 Å². The van der Waals surface area contributed by atoms with Crippen LogP contribution in [0.1, 0.15) is 48.6 Å². The minimum Gasteiger partial charge on any atom is -0.469 e. The molecule has 3 aromatic rings. The molecule has 6 nitrogen and oxygen atoms in total. The first-order chi connectivity index (χ1) is 14.6. The van der Waals surface area contributed by atoms with Crippen LogP contribution in [-0.2, 0) is 16.0 Å². The van der Waals surface area contributed by atoms with E-state index in [0.29, 0.717) is 32.1 Å². The minimum absolute atomic E-state index is 0.0286. The highest BCUT2D eigenvalue weighted by Gasteiger charge is 2.38. The summed E-state index contributed by atoms with van der Waals surface area (Å²) in [5, 5.41) is 6.25. The second kappa shape index (κ2) is 8.95. The Morgan fingerprint density at radius 1 is 1.10 bits per heavy atom. The van der Waals surface area contributed by atoms with Crippen LogP contribution in [0.25, 0.3) is 0 Å². The normalized spacial score (nSPS) is 19.3. The predicted molar refractivity (Wildman–Crippen MR) is 112 cm³/mol. The molecule has 2 atom stereocenters. The van der Waals surface area contributed by atoms with Crippen molar-refractivity contribution in [2.24, 2.45) is 0 Å². The topological polar surface area (TPSA) is 84.2 Å². The van der Waals surface area contributed by atoms with Gasteiger partial charge in [-0.1, -0.05) is 30.3 Å². The second-order valence-corrected chi connectivity index (χ2v) is 7.78. The molecule has 1 aromatic carbocycles. The van der Waals surface area contributed by atoms with Gasteiger partial charge in [-0.15, -0.1) is 0 Å². The molecule has 1 aliphatic rings. The summed E-state index contributed by atoms with van der Waals surface area (Å²) in [6.45, 7) is 0. The van der Waals surface area contributed by atoms with Crippen LogP contribution in [0.4, 0.5) is 0 Å². The van der Waals surface area contributed by atoms with Crippen molar-refractivity contribution in [2.45, 2.75) is 43.7 Å². The summed E-state index contributed by atoms with van der Waals surface area (Å²) in [5.41, 5.74) is 1.55. The van der Waals surface area contributed by atoms with Crippen molar-refractivity contribution in [3.05, 3.63) is 90.1 Å². The van der Waals surface area contributed by atoms with Crippen molar-refractivity contribution in [1.82, 2.24) is 15.6 Å². The van der Waals surface area contributed by atoms with Crippen molar-refractivity contribution in [3.63, 3.8) is 0 Å². The van der Waals surface area contributed by atoms with Gasteiger partial charge in [0.1, 0.15) is 5.76 Å². The van der Waals surface area contributed by atoms with Gasteiger partial charge in [-0.2, -0.15) is 0 Å². The van der Waals surface area contributed by atoms with Gasteiger partial charge in [0.15, 0.2) is 0 Å². The Balaban J connectivity index is 1.46. The first-order valence-electron chi connectivity index (χ1n) is 10.2. The fraction of sp³-hybridized carbons (Fsp3) is 0.292. The van der Waals surface area contributed by atoms with Crippen molar-refractivity contribution in [1.29, 1.82) is 0 Å². The van der Waals surface area contributed by atoms with E-state index in [1.165, 1.54) is 0 Å². The first-order valence-corrected chi connectivity index (χ1v) is 10.2. The predicted octanol–water partition coefficient (Wildman–Crippen LogP) is 3.55. The number of hydrogen-bond acceptors (Lipinski definition) is 4. The summed E-state index contributed by atoms with van der Waals surface area (Å²) in [7, 11) is 0. The van der Waals surface area contributed by atoms with Crippen LogP contribution >= 0.6 is 0 Å². The number of furan rings is 1. The first kappa shape index (κ1) is 19.9. The molecule has 1 saturated heterocycles. The molecule has 2 aromatic heterocycles. The largest absolute Gasteiger partial charge is 0.469 e. The number of rotatable bonds is 8. The molecule has 1 fully saturated rings. The van der Waals surface area contributed by atoms with E-state index in [4.69, 9.17) is 4.42 Å². The van der Waals surface area contributed by atoms with Crippen LogP contribution in [0.2, 0.25) is 0 Å². The van der Waals surface area contributed by atoms with Gasteiger partial charge >= 0.3 is 0 Å². The Labute approximate surface area is 175 Å². The quantitative estimate of drug-likeness (QED) is 0.602. The molecular formula is C24H25N3O3. The zero-order valence-electron chi connectivity index (χ0n) is 16.7.